The van der Waals surface area contributed by atoms with Crippen molar-refractivity contribution in [1.29, 1.82) is 0 Å². The first kappa shape index (κ1) is 19.6. The molecule has 9 heteroatoms. The van der Waals surface area contributed by atoms with Crippen molar-refractivity contribution in [3.8, 4) is 11.4 Å². The molecule has 1 fully saturated rings. The minimum atomic E-state index is -2.59. The van der Waals surface area contributed by atoms with Crippen LogP contribution in [0.25, 0.3) is 22.3 Å². The van der Waals surface area contributed by atoms with Crippen molar-refractivity contribution in [2.75, 3.05) is 18.0 Å². The number of aromatic nitrogens is 3. The molecule has 0 saturated carbocycles. The molecule has 1 amide bonds. The number of halogens is 3. The number of anilines is 1. The van der Waals surface area contributed by atoms with Crippen LogP contribution < -0.4 is 10.2 Å². The van der Waals surface area contributed by atoms with Gasteiger partial charge in [-0.2, -0.15) is 0 Å². The second-order valence-corrected chi connectivity index (χ2v) is 7.70. The monoisotopic (exact) mass is 421 g/mol. The van der Waals surface area contributed by atoms with Gasteiger partial charge in [-0.25, -0.2) is 18.7 Å². The summed E-state index contributed by atoms with van der Waals surface area (Å²) in [5, 5.41) is 3.85. The van der Waals surface area contributed by atoms with Crippen LogP contribution in [-0.4, -0.2) is 45.9 Å². The highest BCUT2D eigenvalue weighted by Crippen LogP contribution is 2.35. The molecule has 1 aliphatic heterocycles. The first-order valence-corrected chi connectivity index (χ1v) is 9.70. The van der Waals surface area contributed by atoms with Gasteiger partial charge in [0.1, 0.15) is 11.4 Å². The molecule has 154 valence electrons. The van der Waals surface area contributed by atoms with Crippen LogP contribution in [0.5, 0.6) is 0 Å². The van der Waals surface area contributed by atoms with E-state index in [1.54, 1.807) is 25.3 Å². The Kier molecular flexibility index (Phi) is 5.12. The highest BCUT2D eigenvalue weighted by molar-refractivity contribution is 6.31. The van der Waals surface area contributed by atoms with Crippen LogP contribution >= 0.6 is 11.6 Å². The summed E-state index contributed by atoms with van der Waals surface area (Å²) in [6.45, 7) is 1.70. The zero-order valence-electron chi connectivity index (χ0n) is 15.8. The van der Waals surface area contributed by atoms with Crippen molar-refractivity contribution in [1.82, 2.24) is 20.3 Å². The Morgan fingerprint density at radius 3 is 3.07 bits per heavy atom. The van der Waals surface area contributed by atoms with Crippen LogP contribution in [0.15, 0.2) is 36.7 Å². The van der Waals surface area contributed by atoms with Gasteiger partial charge in [-0.15, -0.1) is 0 Å². The molecule has 2 N–H and O–H groups in total. The lowest BCUT2D eigenvalue weighted by atomic mass is 9.97. The molecule has 29 heavy (non-hydrogen) atoms. The van der Waals surface area contributed by atoms with Crippen molar-refractivity contribution in [3.05, 3.63) is 41.7 Å². The van der Waals surface area contributed by atoms with E-state index in [4.69, 9.17) is 11.6 Å². The number of H-pyrrole nitrogens is 1. The van der Waals surface area contributed by atoms with Crippen molar-refractivity contribution in [3.63, 3.8) is 0 Å². The molecule has 6 nitrogen and oxygen atoms in total. The van der Waals surface area contributed by atoms with Gasteiger partial charge >= 0.3 is 0 Å². The SMILES string of the molecule is C[C@]1(C(=O)NCC(F)F)CCCN1c1ccnc(-c2c[nH]c3ccc(Cl)cc23)n1.[HH]. The van der Waals surface area contributed by atoms with E-state index in [1.807, 2.05) is 23.2 Å². The van der Waals surface area contributed by atoms with E-state index in [-0.39, 0.29) is 1.43 Å². The molecule has 4 rings (SSSR count). The van der Waals surface area contributed by atoms with Gasteiger partial charge in [-0.1, -0.05) is 11.6 Å². The van der Waals surface area contributed by atoms with Gasteiger partial charge < -0.3 is 15.2 Å². The molecule has 3 heterocycles. The number of carbonyl (C=O) groups excluding carboxylic acids is 1. The van der Waals surface area contributed by atoms with E-state index in [2.05, 4.69) is 20.3 Å². The second-order valence-electron chi connectivity index (χ2n) is 7.26. The van der Waals surface area contributed by atoms with E-state index in [1.165, 1.54) is 0 Å². The number of alkyl halides is 2. The molecular formula is C20H22ClF2N5O. The fourth-order valence-corrected chi connectivity index (χ4v) is 4.01. The van der Waals surface area contributed by atoms with Gasteiger partial charge in [0.15, 0.2) is 5.82 Å². The van der Waals surface area contributed by atoms with Gasteiger partial charge in [-0.05, 0) is 44.0 Å². The number of hydrogen-bond acceptors (Lipinski definition) is 4. The van der Waals surface area contributed by atoms with Crippen LogP contribution in [0, 0.1) is 0 Å². The smallest absolute Gasteiger partial charge is 0.255 e. The van der Waals surface area contributed by atoms with Crippen molar-refractivity contribution >= 4 is 34.2 Å². The summed E-state index contributed by atoms with van der Waals surface area (Å²) in [5.74, 6) is 0.658. The normalized spacial score (nSPS) is 19.3. The number of amides is 1. The Labute approximate surface area is 172 Å². The summed E-state index contributed by atoms with van der Waals surface area (Å²) >= 11 is 6.13. The fraction of sp³-hybridized carbons (Fsp3) is 0.350. The van der Waals surface area contributed by atoms with Crippen LogP contribution in [0.3, 0.4) is 0 Å². The maximum Gasteiger partial charge on any atom is 0.255 e. The Morgan fingerprint density at radius 2 is 2.28 bits per heavy atom. The summed E-state index contributed by atoms with van der Waals surface area (Å²) in [7, 11) is 0. The summed E-state index contributed by atoms with van der Waals surface area (Å²) in [6, 6.07) is 7.26. The average molecular weight is 422 g/mol. The predicted octanol–water partition coefficient (Wildman–Crippen LogP) is 4.26. The molecule has 0 aliphatic carbocycles. The van der Waals surface area contributed by atoms with E-state index in [9.17, 15) is 13.6 Å². The molecule has 0 unspecified atom stereocenters. The molecule has 0 radical (unpaired) electrons. The number of hydrogen-bond donors (Lipinski definition) is 2. The Balaban J connectivity index is 0.00000256. The number of carbonyl (C=O) groups is 1. The zero-order valence-corrected chi connectivity index (χ0v) is 16.5. The number of aromatic amines is 1. The van der Waals surface area contributed by atoms with Gasteiger partial charge in [0.05, 0.1) is 6.54 Å². The highest BCUT2D eigenvalue weighted by Gasteiger charge is 2.44. The number of fused-ring (bicyclic) bond motifs is 1. The maximum absolute atomic E-state index is 12.6. The summed E-state index contributed by atoms with van der Waals surface area (Å²) in [4.78, 5) is 26.7. The standard InChI is InChI=1S/C20H20ClF2N5O.H2/c1-20(19(29)26-11-16(22)23)6-2-8-28(20)17-5-7-24-18(27-17)14-10-25-15-4-3-12(21)9-13(14)15;/h3-5,7,9-10,16,25H,2,6,8,11H2,1H3,(H,26,29);1H/t20-;/m1./s1. The topological polar surface area (TPSA) is 73.9 Å². The van der Waals surface area contributed by atoms with E-state index in [0.717, 1.165) is 22.9 Å². The quantitative estimate of drug-likeness (QED) is 0.645. The minimum Gasteiger partial charge on any atom is -0.360 e. The van der Waals surface area contributed by atoms with Gasteiger partial charge in [0.25, 0.3) is 6.43 Å². The maximum atomic E-state index is 12.6. The average Bonchev–Trinajstić information content (AvgIpc) is 3.30. The van der Waals surface area contributed by atoms with Gasteiger partial charge in [0.2, 0.25) is 5.91 Å². The molecule has 0 spiro atoms. The van der Waals surface area contributed by atoms with Crippen molar-refractivity contribution in [2.45, 2.75) is 31.7 Å². The molecule has 1 aromatic carbocycles. The van der Waals surface area contributed by atoms with E-state index < -0.39 is 24.4 Å². The first-order valence-electron chi connectivity index (χ1n) is 9.32. The summed E-state index contributed by atoms with van der Waals surface area (Å²) < 4.78 is 25.1. The molecule has 1 aliphatic rings. The third kappa shape index (κ3) is 3.64. The zero-order chi connectivity index (χ0) is 20.6. The third-order valence-electron chi connectivity index (χ3n) is 5.35. The first-order chi connectivity index (χ1) is 13.9. The third-order valence-corrected chi connectivity index (χ3v) is 5.58. The van der Waals surface area contributed by atoms with Crippen LogP contribution in [0.4, 0.5) is 14.6 Å². The Morgan fingerprint density at radius 1 is 1.45 bits per heavy atom. The lowest BCUT2D eigenvalue weighted by Gasteiger charge is -2.34. The Bertz CT molecular complexity index is 1060. The lowest BCUT2D eigenvalue weighted by Crippen LogP contribution is -2.54. The highest BCUT2D eigenvalue weighted by atomic mass is 35.5. The van der Waals surface area contributed by atoms with Crippen LogP contribution in [-0.2, 0) is 4.79 Å². The number of rotatable bonds is 5. The summed E-state index contributed by atoms with van der Waals surface area (Å²) in [5.41, 5.74) is 0.771. The number of nitrogens with zero attached hydrogens (tertiary/aromatic N) is 3. The largest absolute Gasteiger partial charge is 0.360 e. The predicted molar refractivity (Wildman–Crippen MR) is 110 cm³/mol. The lowest BCUT2D eigenvalue weighted by molar-refractivity contribution is -0.126. The van der Waals surface area contributed by atoms with Gasteiger partial charge in [0, 0.05) is 41.9 Å². The second kappa shape index (κ2) is 7.59. The summed E-state index contributed by atoms with van der Waals surface area (Å²) in [6.07, 6.45) is 2.19. The number of benzene rings is 1. The minimum absolute atomic E-state index is 0. The molecule has 0 bridgehead atoms. The van der Waals surface area contributed by atoms with Gasteiger partial charge in [-0.3, -0.25) is 4.79 Å². The van der Waals surface area contributed by atoms with E-state index in [0.29, 0.717) is 29.6 Å². The van der Waals surface area contributed by atoms with Crippen molar-refractivity contribution in [2.24, 2.45) is 0 Å². The molecule has 1 saturated heterocycles. The Hall–Kier alpha value is -2.74. The molecular weight excluding hydrogens is 400 g/mol. The molecule has 1 atom stereocenters. The molecule has 3 aromatic rings. The van der Waals surface area contributed by atoms with Crippen LogP contribution in [0.1, 0.15) is 21.2 Å². The van der Waals surface area contributed by atoms with Crippen molar-refractivity contribution < 1.29 is 15.0 Å². The molecule has 2 aromatic heterocycles. The van der Waals surface area contributed by atoms with E-state index >= 15 is 0 Å². The fourth-order valence-electron chi connectivity index (χ4n) is 3.83. The number of nitrogens with one attached hydrogen (secondary N) is 2. The van der Waals surface area contributed by atoms with Crippen LogP contribution in [0.2, 0.25) is 5.02 Å².